The molecular weight excluding hydrogens is 374 g/mol. The molecule has 4 rings (SSSR count). The maximum Gasteiger partial charge on any atom is 0.219 e. The van der Waals surface area contributed by atoms with Crippen LogP contribution < -0.4 is 10.6 Å². The van der Waals surface area contributed by atoms with Gasteiger partial charge in [-0.25, -0.2) is 9.97 Å². The Kier molecular flexibility index (Phi) is 6.82. The second-order valence-corrected chi connectivity index (χ2v) is 8.67. The van der Waals surface area contributed by atoms with Gasteiger partial charge in [0.25, 0.3) is 0 Å². The van der Waals surface area contributed by atoms with Crippen molar-refractivity contribution in [2.24, 2.45) is 5.92 Å². The lowest BCUT2D eigenvalue weighted by atomic mass is 9.95. The van der Waals surface area contributed by atoms with Gasteiger partial charge in [0.2, 0.25) is 5.91 Å². The van der Waals surface area contributed by atoms with Crippen LogP contribution in [0.15, 0.2) is 36.5 Å². The Labute approximate surface area is 179 Å². The first-order chi connectivity index (χ1) is 14.7. The van der Waals surface area contributed by atoms with Crippen molar-refractivity contribution in [3.8, 4) is 11.3 Å². The quantitative estimate of drug-likeness (QED) is 0.735. The van der Waals surface area contributed by atoms with Gasteiger partial charge in [-0.3, -0.25) is 4.79 Å². The molecule has 2 aliphatic rings. The van der Waals surface area contributed by atoms with Crippen LogP contribution in [0.2, 0.25) is 0 Å². The van der Waals surface area contributed by atoms with E-state index in [2.05, 4.69) is 21.7 Å². The summed E-state index contributed by atoms with van der Waals surface area (Å²) in [5.74, 6) is 2.47. The molecule has 160 valence electrons. The third kappa shape index (κ3) is 5.49. The minimum absolute atomic E-state index is 0.176. The van der Waals surface area contributed by atoms with Gasteiger partial charge in [0.15, 0.2) is 0 Å². The molecular formula is C24H33N5O. The van der Waals surface area contributed by atoms with Crippen molar-refractivity contribution < 1.29 is 4.79 Å². The van der Waals surface area contributed by atoms with Crippen LogP contribution in [0.5, 0.6) is 0 Å². The van der Waals surface area contributed by atoms with Crippen molar-refractivity contribution in [1.29, 1.82) is 0 Å². The van der Waals surface area contributed by atoms with Gasteiger partial charge in [-0.1, -0.05) is 25.3 Å². The number of amides is 1. The molecule has 1 amide bonds. The van der Waals surface area contributed by atoms with Crippen LogP contribution in [0.25, 0.3) is 11.3 Å². The maximum absolute atomic E-state index is 11.7. The average Bonchev–Trinajstić information content (AvgIpc) is 2.79. The topological polar surface area (TPSA) is 70.2 Å². The molecule has 2 fully saturated rings. The van der Waals surface area contributed by atoms with Crippen molar-refractivity contribution in [3.05, 3.63) is 36.5 Å². The van der Waals surface area contributed by atoms with E-state index in [9.17, 15) is 4.79 Å². The van der Waals surface area contributed by atoms with Gasteiger partial charge in [-0.15, -0.1) is 0 Å². The summed E-state index contributed by atoms with van der Waals surface area (Å²) < 4.78 is 0. The van der Waals surface area contributed by atoms with Crippen LogP contribution in [0.3, 0.4) is 0 Å². The van der Waals surface area contributed by atoms with Crippen molar-refractivity contribution in [3.63, 3.8) is 0 Å². The number of hydrogen-bond acceptors (Lipinski definition) is 5. The third-order valence-electron chi connectivity index (χ3n) is 6.30. The van der Waals surface area contributed by atoms with E-state index in [1.54, 1.807) is 6.92 Å². The molecule has 0 radical (unpaired) electrons. The number of pyridine rings is 2. The molecule has 2 aromatic heterocycles. The Morgan fingerprint density at radius 2 is 1.97 bits per heavy atom. The van der Waals surface area contributed by atoms with Gasteiger partial charge < -0.3 is 15.5 Å². The number of likely N-dealkylation sites (tertiary alicyclic amines) is 1. The van der Waals surface area contributed by atoms with Crippen LogP contribution in [0.4, 0.5) is 11.6 Å². The van der Waals surface area contributed by atoms with E-state index in [4.69, 9.17) is 4.98 Å². The first kappa shape index (κ1) is 20.6. The number of nitrogens with one attached hydrogen (secondary N) is 2. The molecule has 1 aliphatic heterocycles. The van der Waals surface area contributed by atoms with E-state index in [0.717, 1.165) is 55.4 Å². The zero-order chi connectivity index (χ0) is 20.8. The Morgan fingerprint density at radius 1 is 1.10 bits per heavy atom. The Morgan fingerprint density at radius 3 is 2.80 bits per heavy atom. The van der Waals surface area contributed by atoms with Crippen LogP contribution in [0, 0.1) is 5.92 Å². The zero-order valence-electron chi connectivity index (χ0n) is 17.9. The molecule has 0 unspecified atom stereocenters. The summed E-state index contributed by atoms with van der Waals surface area (Å²) in [4.78, 5) is 22.9. The highest BCUT2D eigenvalue weighted by Crippen LogP contribution is 2.25. The highest BCUT2D eigenvalue weighted by molar-refractivity contribution is 5.73. The lowest BCUT2D eigenvalue weighted by Crippen LogP contribution is -2.40. The van der Waals surface area contributed by atoms with Gasteiger partial charge in [-0.2, -0.15) is 0 Å². The lowest BCUT2D eigenvalue weighted by Gasteiger charge is -2.32. The smallest absolute Gasteiger partial charge is 0.219 e. The summed E-state index contributed by atoms with van der Waals surface area (Å²) >= 11 is 0. The van der Waals surface area contributed by atoms with E-state index in [0.29, 0.717) is 12.0 Å². The molecule has 2 aromatic rings. The average molecular weight is 408 g/mol. The summed E-state index contributed by atoms with van der Waals surface area (Å²) in [5.41, 5.74) is 2.02. The molecule has 30 heavy (non-hydrogen) atoms. The highest BCUT2D eigenvalue weighted by Gasteiger charge is 2.21. The van der Waals surface area contributed by atoms with Gasteiger partial charge in [0, 0.05) is 44.4 Å². The third-order valence-corrected chi connectivity index (χ3v) is 6.30. The van der Waals surface area contributed by atoms with E-state index in [1.165, 1.54) is 32.1 Å². The highest BCUT2D eigenvalue weighted by atomic mass is 16.2. The lowest BCUT2D eigenvalue weighted by molar-refractivity contribution is -0.130. The molecule has 6 nitrogen and oxygen atoms in total. The number of rotatable bonds is 6. The fourth-order valence-electron chi connectivity index (χ4n) is 4.59. The molecule has 3 heterocycles. The van der Waals surface area contributed by atoms with Crippen molar-refractivity contribution >= 4 is 17.5 Å². The fourth-order valence-corrected chi connectivity index (χ4v) is 4.59. The van der Waals surface area contributed by atoms with E-state index in [1.807, 2.05) is 35.4 Å². The Bertz CT molecular complexity index is 849. The van der Waals surface area contributed by atoms with Crippen LogP contribution in [0.1, 0.15) is 51.9 Å². The van der Waals surface area contributed by atoms with Crippen molar-refractivity contribution in [1.82, 2.24) is 14.9 Å². The molecule has 1 saturated carbocycles. The second-order valence-electron chi connectivity index (χ2n) is 8.67. The molecule has 6 heteroatoms. The van der Waals surface area contributed by atoms with Crippen LogP contribution in [-0.4, -0.2) is 46.5 Å². The van der Waals surface area contributed by atoms with Gasteiger partial charge >= 0.3 is 0 Å². The standard InChI is InChI=1S/C24H33N5O/c1-18(30)29-14-6-7-19(17-29)16-26-23-11-5-10-22(28-23)20-12-13-25-24(15-20)27-21-8-3-2-4-9-21/h5,10-13,15,19,21H,2-4,6-9,14,16-17H2,1H3,(H,25,27)(H,26,28)/t19-/m1/s1. The van der Waals surface area contributed by atoms with Crippen molar-refractivity contribution in [2.45, 2.75) is 57.9 Å². The number of nitrogens with zero attached hydrogens (tertiary/aromatic N) is 3. The molecule has 2 N–H and O–H groups in total. The van der Waals surface area contributed by atoms with E-state index in [-0.39, 0.29) is 5.91 Å². The number of carbonyl (C=O) groups is 1. The molecule has 0 bridgehead atoms. The summed E-state index contributed by atoms with van der Waals surface area (Å²) in [6, 6.07) is 10.8. The predicted octanol–water partition coefficient (Wildman–Crippen LogP) is 4.56. The van der Waals surface area contributed by atoms with Gasteiger partial charge in [0.05, 0.1) is 5.69 Å². The van der Waals surface area contributed by atoms with E-state index < -0.39 is 0 Å². The van der Waals surface area contributed by atoms with Gasteiger partial charge in [-0.05, 0) is 55.9 Å². The second kappa shape index (κ2) is 9.92. The number of carbonyl (C=O) groups excluding carboxylic acids is 1. The molecule has 0 aromatic carbocycles. The maximum atomic E-state index is 11.7. The number of hydrogen-bond donors (Lipinski definition) is 2. The summed E-state index contributed by atoms with van der Waals surface area (Å²) in [6.45, 7) is 4.22. The van der Waals surface area contributed by atoms with Gasteiger partial charge in [0.1, 0.15) is 11.6 Å². The minimum Gasteiger partial charge on any atom is -0.370 e. The zero-order valence-corrected chi connectivity index (χ0v) is 17.9. The van der Waals surface area contributed by atoms with Crippen molar-refractivity contribution in [2.75, 3.05) is 30.3 Å². The Hall–Kier alpha value is -2.63. The monoisotopic (exact) mass is 407 g/mol. The minimum atomic E-state index is 0.176. The summed E-state index contributed by atoms with van der Waals surface area (Å²) in [5, 5.41) is 7.08. The number of anilines is 2. The Balaban J connectivity index is 1.38. The number of aromatic nitrogens is 2. The van der Waals surface area contributed by atoms with Crippen LogP contribution in [-0.2, 0) is 4.79 Å². The SMILES string of the molecule is CC(=O)N1CCC[C@H](CNc2cccc(-c3ccnc(NC4CCCCC4)c3)n2)C1. The largest absolute Gasteiger partial charge is 0.370 e. The first-order valence-corrected chi connectivity index (χ1v) is 11.4. The normalized spacial score (nSPS) is 20.0. The molecule has 1 aliphatic carbocycles. The summed E-state index contributed by atoms with van der Waals surface area (Å²) in [6.07, 6.45) is 10.5. The molecule has 1 saturated heterocycles. The first-order valence-electron chi connectivity index (χ1n) is 11.4. The number of piperidine rings is 1. The molecule has 1 atom stereocenters. The molecule has 0 spiro atoms. The fraction of sp³-hybridized carbons (Fsp3) is 0.542. The van der Waals surface area contributed by atoms with E-state index >= 15 is 0 Å². The predicted molar refractivity (Wildman–Crippen MR) is 121 cm³/mol. The summed E-state index contributed by atoms with van der Waals surface area (Å²) in [7, 11) is 0. The van der Waals surface area contributed by atoms with Crippen LogP contribution >= 0.6 is 0 Å².